The van der Waals surface area contributed by atoms with E-state index < -0.39 is 0 Å². The van der Waals surface area contributed by atoms with Crippen molar-refractivity contribution in [3.63, 3.8) is 0 Å². The lowest BCUT2D eigenvalue weighted by Gasteiger charge is -2.21. The molecule has 0 saturated heterocycles. The van der Waals surface area contributed by atoms with Crippen molar-refractivity contribution in [1.29, 1.82) is 0 Å². The minimum Gasteiger partial charge on any atom is -0.340 e. The third-order valence-corrected chi connectivity index (χ3v) is 4.73. The first-order valence-corrected chi connectivity index (χ1v) is 8.82. The fourth-order valence-corrected chi connectivity index (χ4v) is 3.36. The Balaban J connectivity index is 1.67. The normalized spacial score (nSPS) is 11.9. The Hall–Kier alpha value is -2.67. The molecule has 0 radical (unpaired) electrons. The molecule has 3 rings (SSSR count). The first-order valence-electron chi connectivity index (χ1n) is 7.94. The van der Waals surface area contributed by atoms with Gasteiger partial charge in [-0.15, -0.1) is 5.10 Å². The van der Waals surface area contributed by atoms with Gasteiger partial charge in [-0.25, -0.2) is 0 Å². The molecule has 0 bridgehead atoms. The number of hydrogen-bond acceptors (Lipinski definition) is 5. The average Bonchev–Trinajstić information content (AvgIpc) is 3.10. The molecule has 6 nitrogen and oxygen atoms in total. The Bertz CT molecular complexity index is 822. The Morgan fingerprint density at radius 3 is 2.44 bits per heavy atom. The van der Waals surface area contributed by atoms with E-state index in [1.165, 1.54) is 11.8 Å². The highest BCUT2D eigenvalue weighted by Gasteiger charge is 2.22. The molecule has 7 heteroatoms. The third-order valence-electron chi connectivity index (χ3n) is 3.71. The molecule has 3 aromatic rings. The minimum absolute atomic E-state index is 0.0384. The van der Waals surface area contributed by atoms with E-state index in [1.54, 1.807) is 9.58 Å². The minimum atomic E-state index is -0.290. The molecule has 2 aromatic carbocycles. The van der Waals surface area contributed by atoms with Crippen LogP contribution in [-0.4, -0.2) is 43.3 Å². The average molecular weight is 353 g/mol. The van der Waals surface area contributed by atoms with E-state index in [-0.39, 0.29) is 11.2 Å². The Morgan fingerprint density at radius 1 is 1.12 bits per heavy atom. The maximum atomic E-state index is 12.6. The maximum absolute atomic E-state index is 12.6. The number of para-hydroxylation sites is 1. The number of hydrogen-bond donors (Lipinski definition) is 0. The van der Waals surface area contributed by atoms with Crippen molar-refractivity contribution in [2.24, 2.45) is 0 Å². The molecule has 0 spiro atoms. The van der Waals surface area contributed by atoms with Crippen LogP contribution in [0.3, 0.4) is 0 Å². The van der Waals surface area contributed by atoms with Crippen molar-refractivity contribution in [3.05, 3.63) is 66.2 Å². The molecule has 0 saturated carbocycles. The second kappa shape index (κ2) is 7.94. The van der Waals surface area contributed by atoms with E-state index in [1.807, 2.05) is 74.6 Å². The predicted molar refractivity (Wildman–Crippen MR) is 97.4 cm³/mol. The summed E-state index contributed by atoms with van der Waals surface area (Å²) in [6.07, 6.45) is 0. The molecule has 0 aliphatic heterocycles. The number of benzene rings is 2. The van der Waals surface area contributed by atoms with Crippen LogP contribution in [0.5, 0.6) is 0 Å². The lowest BCUT2D eigenvalue weighted by molar-refractivity contribution is -0.129. The van der Waals surface area contributed by atoms with E-state index >= 15 is 0 Å². The van der Waals surface area contributed by atoms with Crippen LogP contribution in [0.4, 0.5) is 0 Å². The van der Waals surface area contributed by atoms with E-state index in [0.717, 1.165) is 11.3 Å². The van der Waals surface area contributed by atoms with Crippen LogP contribution < -0.4 is 0 Å². The van der Waals surface area contributed by atoms with Gasteiger partial charge in [0.1, 0.15) is 0 Å². The fourth-order valence-electron chi connectivity index (χ4n) is 2.44. The Morgan fingerprint density at radius 2 is 1.76 bits per heavy atom. The number of amides is 1. The summed E-state index contributed by atoms with van der Waals surface area (Å²) in [4.78, 5) is 14.4. The van der Waals surface area contributed by atoms with Crippen LogP contribution in [0.1, 0.15) is 12.5 Å². The van der Waals surface area contributed by atoms with E-state index in [9.17, 15) is 4.79 Å². The smallest absolute Gasteiger partial charge is 0.235 e. The van der Waals surface area contributed by atoms with Crippen molar-refractivity contribution >= 4 is 17.7 Å². The molecule has 1 amide bonds. The summed E-state index contributed by atoms with van der Waals surface area (Å²) in [5.74, 6) is 0.0384. The summed E-state index contributed by atoms with van der Waals surface area (Å²) in [6, 6.07) is 19.6. The quantitative estimate of drug-likeness (QED) is 0.638. The molecule has 25 heavy (non-hydrogen) atoms. The Labute approximate surface area is 150 Å². The zero-order valence-corrected chi connectivity index (χ0v) is 14.9. The van der Waals surface area contributed by atoms with Gasteiger partial charge in [0.25, 0.3) is 0 Å². The van der Waals surface area contributed by atoms with Crippen molar-refractivity contribution in [2.75, 3.05) is 7.05 Å². The predicted octanol–water partition coefficient (Wildman–Crippen LogP) is 2.80. The summed E-state index contributed by atoms with van der Waals surface area (Å²) in [5.41, 5.74) is 1.97. The molecule has 1 atom stereocenters. The molecular formula is C18H19N5OS. The van der Waals surface area contributed by atoms with Crippen molar-refractivity contribution in [1.82, 2.24) is 25.1 Å². The summed E-state index contributed by atoms with van der Waals surface area (Å²) in [6.45, 7) is 2.45. The first kappa shape index (κ1) is 17.2. The molecule has 0 fully saturated rings. The first-order chi connectivity index (χ1) is 12.1. The zero-order valence-electron chi connectivity index (χ0n) is 14.1. The van der Waals surface area contributed by atoms with Gasteiger partial charge in [-0.05, 0) is 35.0 Å². The second-order valence-corrected chi connectivity index (χ2v) is 6.96. The number of carbonyl (C=O) groups excluding carboxylic acids is 1. The number of aromatic nitrogens is 4. The molecular weight excluding hydrogens is 334 g/mol. The summed E-state index contributed by atoms with van der Waals surface area (Å²) < 4.78 is 1.64. The number of nitrogens with zero attached hydrogens (tertiary/aromatic N) is 5. The number of carbonyl (C=O) groups is 1. The van der Waals surface area contributed by atoms with Crippen LogP contribution in [0, 0.1) is 0 Å². The Kier molecular flexibility index (Phi) is 5.45. The number of rotatable bonds is 6. The largest absolute Gasteiger partial charge is 0.340 e. The van der Waals surface area contributed by atoms with Gasteiger partial charge in [-0.1, -0.05) is 60.3 Å². The van der Waals surface area contributed by atoms with Crippen LogP contribution >= 0.6 is 11.8 Å². The van der Waals surface area contributed by atoms with E-state index in [0.29, 0.717) is 11.7 Å². The van der Waals surface area contributed by atoms with Crippen LogP contribution in [0.25, 0.3) is 5.69 Å². The van der Waals surface area contributed by atoms with E-state index in [4.69, 9.17) is 0 Å². The SMILES string of the molecule is CC(Sc1nnnn1-c1ccccc1)C(=O)N(C)Cc1ccccc1. The van der Waals surface area contributed by atoms with Crippen LogP contribution in [0.2, 0.25) is 0 Å². The molecule has 1 heterocycles. The number of tetrazole rings is 1. The molecule has 1 aromatic heterocycles. The molecule has 0 aliphatic rings. The van der Waals surface area contributed by atoms with Crippen LogP contribution in [-0.2, 0) is 11.3 Å². The third kappa shape index (κ3) is 4.24. The fraction of sp³-hybridized carbons (Fsp3) is 0.222. The number of thioether (sulfide) groups is 1. The van der Waals surface area contributed by atoms with Gasteiger partial charge >= 0.3 is 0 Å². The summed E-state index contributed by atoms with van der Waals surface area (Å²) in [5, 5.41) is 12.1. The topological polar surface area (TPSA) is 63.9 Å². The van der Waals surface area contributed by atoms with Gasteiger partial charge in [0.15, 0.2) is 0 Å². The monoisotopic (exact) mass is 353 g/mol. The summed E-state index contributed by atoms with van der Waals surface area (Å²) >= 11 is 1.35. The molecule has 0 aliphatic carbocycles. The second-order valence-electron chi connectivity index (χ2n) is 5.65. The van der Waals surface area contributed by atoms with Gasteiger partial charge in [0, 0.05) is 13.6 Å². The van der Waals surface area contributed by atoms with Crippen molar-refractivity contribution < 1.29 is 4.79 Å². The highest BCUT2D eigenvalue weighted by Crippen LogP contribution is 2.24. The van der Waals surface area contributed by atoms with Gasteiger partial charge in [-0.2, -0.15) is 4.68 Å². The van der Waals surface area contributed by atoms with Gasteiger partial charge in [0.2, 0.25) is 11.1 Å². The lowest BCUT2D eigenvalue weighted by Crippen LogP contribution is -2.32. The molecule has 1 unspecified atom stereocenters. The highest BCUT2D eigenvalue weighted by molar-refractivity contribution is 8.00. The molecule has 0 N–H and O–H groups in total. The van der Waals surface area contributed by atoms with Crippen molar-refractivity contribution in [2.45, 2.75) is 23.9 Å². The zero-order chi connectivity index (χ0) is 17.6. The van der Waals surface area contributed by atoms with Gasteiger partial charge < -0.3 is 4.90 Å². The summed E-state index contributed by atoms with van der Waals surface area (Å²) in [7, 11) is 1.81. The molecule has 128 valence electrons. The maximum Gasteiger partial charge on any atom is 0.235 e. The van der Waals surface area contributed by atoms with Gasteiger partial charge in [0.05, 0.1) is 10.9 Å². The standard InChI is InChI=1S/C18H19N5OS/c1-14(17(24)22(2)13-15-9-5-3-6-10-15)25-18-19-20-21-23(18)16-11-7-4-8-12-16/h3-12,14H,13H2,1-2H3. The lowest BCUT2D eigenvalue weighted by atomic mass is 10.2. The van der Waals surface area contributed by atoms with Crippen molar-refractivity contribution in [3.8, 4) is 5.69 Å². The van der Waals surface area contributed by atoms with E-state index in [2.05, 4.69) is 15.5 Å². The van der Waals surface area contributed by atoms with Gasteiger partial charge in [-0.3, -0.25) is 4.79 Å². The van der Waals surface area contributed by atoms with Crippen LogP contribution in [0.15, 0.2) is 65.8 Å². The highest BCUT2D eigenvalue weighted by atomic mass is 32.2.